The molecule has 0 aliphatic carbocycles. The third-order valence-electron chi connectivity index (χ3n) is 2.74. The molecule has 0 saturated heterocycles. The van der Waals surface area contributed by atoms with Crippen LogP contribution in [0.2, 0.25) is 0 Å². The highest BCUT2D eigenvalue weighted by atomic mass is 16.5. The fraction of sp³-hybridized carbons (Fsp3) is 0.500. The molecule has 94 valence electrons. The smallest absolute Gasteiger partial charge is 0.322 e. The van der Waals surface area contributed by atoms with Crippen molar-refractivity contribution in [2.75, 3.05) is 6.61 Å². The van der Waals surface area contributed by atoms with Crippen molar-refractivity contribution >= 4 is 5.97 Å². The Morgan fingerprint density at radius 3 is 2.76 bits per heavy atom. The molecule has 0 aliphatic heterocycles. The minimum atomic E-state index is -0.269. The van der Waals surface area contributed by atoms with Gasteiger partial charge in [0.1, 0.15) is 6.04 Å². The van der Waals surface area contributed by atoms with Crippen molar-refractivity contribution in [1.82, 2.24) is 5.32 Å². The van der Waals surface area contributed by atoms with E-state index in [0.717, 1.165) is 0 Å². The Morgan fingerprint density at radius 2 is 2.12 bits per heavy atom. The average Bonchev–Trinajstić information content (AvgIpc) is 2.30. The summed E-state index contributed by atoms with van der Waals surface area (Å²) in [5.41, 5.74) is 3.69. The molecule has 3 heteroatoms. The summed E-state index contributed by atoms with van der Waals surface area (Å²) in [5.74, 6) is -0.196. The number of carbonyl (C=O) groups excluding carboxylic acids is 1. The first-order valence-corrected chi connectivity index (χ1v) is 6.00. The SMILES string of the molecule is CCOC(=O)C(C)NCc1cc(C)ccc1C. The summed E-state index contributed by atoms with van der Waals surface area (Å²) in [6.45, 7) is 8.89. The summed E-state index contributed by atoms with van der Waals surface area (Å²) in [4.78, 5) is 11.4. The van der Waals surface area contributed by atoms with Gasteiger partial charge in [0.05, 0.1) is 6.61 Å². The van der Waals surface area contributed by atoms with E-state index in [4.69, 9.17) is 4.74 Å². The van der Waals surface area contributed by atoms with Crippen LogP contribution in [0.5, 0.6) is 0 Å². The lowest BCUT2D eigenvalue weighted by atomic mass is 10.1. The Balaban J connectivity index is 2.55. The third-order valence-corrected chi connectivity index (χ3v) is 2.74. The van der Waals surface area contributed by atoms with Gasteiger partial charge in [-0.15, -0.1) is 0 Å². The zero-order valence-electron chi connectivity index (χ0n) is 11.0. The maximum absolute atomic E-state index is 11.4. The van der Waals surface area contributed by atoms with Gasteiger partial charge in [-0.1, -0.05) is 23.8 Å². The van der Waals surface area contributed by atoms with Crippen molar-refractivity contribution in [3.05, 3.63) is 34.9 Å². The number of carbonyl (C=O) groups is 1. The minimum Gasteiger partial charge on any atom is -0.465 e. The lowest BCUT2D eigenvalue weighted by molar-refractivity contribution is -0.145. The molecular formula is C14H21NO2. The zero-order chi connectivity index (χ0) is 12.8. The largest absolute Gasteiger partial charge is 0.465 e. The number of nitrogens with one attached hydrogen (secondary N) is 1. The molecule has 1 atom stereocenters. The molecule has 3 nitrogen and oxygen atoms in total. The molecular weight excluding hydrogens is 214 g/mol. The van der Waals surface area contributed by atoms with Crippen LogP contribution in [0.1, 0.15) is 30.5 Å². The molecule has 1 aromatic carbocycles. The van der Waals surface area contributed by atoms with E-state index < -0.39 is 0 Å². The number of benzene rings is 1. The lowest BCUT2D eigenvalue weighted by Crippen LogP contribution is -2.35. The lowest BCUT2D eigenvalue weighted by Gasteiger charge is -2.14. The van der Waals surface area contributed by atoms with Crippen molar-refractivity contribution in [3.63, 3.8) is 0 Å². The molecule has 0 aliphatic rings. The van der Waals surface area contributed by atoms with Gasteiger partial charge in [-0.2, -0.15) is 0 Å². The van der Waals surface area contributed by atoms with Gasteiger partial charge in [-0.05, 0) is 38.8 Å². The maximum Gasteiger partial charge on any atom is 0.322 e. The summed E-state index contributed by atoms with van der Waals surface area (Å²) in [7, 11) is 0. The fourth-order valence-electron chi connectivity index (χ4n) is 1.60. The van der Waals surface area contributed by atoms with Gasteiger partial charge < -0.3 is 10.1 Å². The van der Waals surface area contributed by atoms with Crippen LogP contribution in [0.3, 0.4) is 0 Å². The summed E-state index contributed by atoms with van der Waals surface area (Å²) in [6, 6.07) is 6.06. The molecule has 1 unspecified atom stereocenters. The van der Waals surface area contributed by atoms with E-state index in [2.05, 4.69) is 37.4 Å². The predicted octanol–water partition coefficient (Wildman–Crippen LogP) is 2.34. The topological polar surface area (TPSA) is 38.3 Å². The molecule has 1 N–H and O–H groups in total. The maximum atomic E-state index is 11.4. The van der Waals surface area contributed by atoms with E-state index >= 15 is 0 Å². The van der Waals surface area contributed by atoms with Gasteiger partial charge in [-0.25, -0.2) is 0 Å². The Hall–Kier alpha value is -1.35. The van der Waals surface area contributed by atoms with E-state index in [1.54, 1.807) is 0 Å². The van der Waals surface area contributed by atoms with Gasteiger partial charge in [0.25, 0.3) is 0 Å². The molecule has 0 amide bonds. The summed E-state index contributed by atoms with van der Waals surface area (Å²) < 4.78 is 4.94. The number of esters is 1. The third kappa shape index (κ3) is 4.19. The van der Waals surface area contributed by atoms with Gasteiger partial charge in [-0.3, -0.25) is 4.79 Å². The van der Waals surface area contributed by atoms with Gasteiger partial charge in [0, 0.05) is 6.54 Å². The first-order chi connectivity index (χ1) is 8.04. The van der Waals surface area contributed by atoms with E-state index in [1.165, 1.54) is 16.7 Å². The number of hydrogen-bond donors (Lipinski definition) is 1. The fourth-order valence-corrected chi connectivity index (χ4v) is 1.60. The van der Waals surface area contributed by atoms with Crippen LogP contribution < -0.4 is 5.32 Å². The Morgan fingerprint density at radius 1 is 1.41 bits per heavy atom. The summed E-state index contributed by atoms with van der Waals surface area (Å²) in [6.07, 6.45) is 0. The Labute approximate surface area is 103 Å². The summed E-state index contributed by atoms with van der Waals surface area (Å²) in [5, 5.41) is 3.18. The molecule has 0 bridgehead atoms. The normalized spacial score (nSPS) is 12.2. The van der Waals surface area contributed by atoms with Crippen molar-refractivity contribution in [2.45, 2.75) is 40.3 Å². The Kier molecular flexibility index (Phi) is 5.16. The summed E-state index contributed by atoms with van der Waals surface area (Å²) >= 11 is 0. The molecule has 0 heterocycles. The van der Waals surface area contributed by atoms with Gasteiger partial charge in [0.15, 0.2) is 0 Å². The van der Waals surface area contributed by atoms with Gasteiger partial charge >= 0.3 is 5.97 Å². The quantitative estimate of drug-likeness (QED) is 0.796. The molecule has 17 heavy (non-hydrogen) atoms. The zero-order valence-corrected chi connectivity index (χ0v) is 11.0. The highest BCUT2D eigenvalue weighted by Crippen LogP contribution is 2.10. The average molecular weight is 235 g/mol. The first kappa shape index (κ1) is 13.7. The molecule has 1 rings (SSSR count). The first-order valence-electron chi connectivity index (χ1n) is 6.00. The molecule has 1 aromatic rings. The molecule has 0 saturated carbocycles. The number of hydrogen-bond acceptors (Lipinski definition) is 3. The van der Waals surface area contributed by atoms with Gasteiger partial charge in [0.2, 0.25) is 0 Å². The van der Waals surface area contributed by atoms with E-state index in [9.17, 15) is 4.79 Å². The second-order valence-corrected chi connectivity index (χ2v) is 4.28. The van der Waals surface area contributed by atoms with Crippen LogP contribution in [-0.2, 0) is 16.1 Å². The van der Waals surface area contributed by atoms with E-state index in [1.807, 2.05) is 13.8 Å². The van der Waals surface area contributed by atoms with Crippen molar-refractivity contribution in [1.29, 1.82) is 0 Å². The van der Waals surface area contributed by atoms with Crippen LogP contribution in [-0.4, -0.2) is 18.6 Å². The molecule has 0 spiro atoms. The molecule has 0 fully saturated rings. The van der Waals surface area contributed by atoms with Crippen molar-refractivity contribution < 1.29 is 9.53 Å². The van der Waals surface area contributed by atoms with Crippen molar-refractivity contribution in [2.24, 2.45) is 0 Å². The predicted molar refractivity (Wildman–Crippen MR) is 68.9 cm³/mol. The van der Waals surface area contributed by atoms with Crippen LogP contribution in [0.15, 0.2) is 18.2 Å². The minimum absolute atomic E-state index is 0.196. The van der Waals surface area contributed by atoms with Crippen LogP contribution in [0.25, 0.3) is 0 Å². The van der Waals surface area contributed by atoms with E-state index in [-0.39, 0.29) is 12.0 Å². The number of ether oxygens (including phenoxy) is 1. The second kappa shape index (κ2) is 6.40. The Bertz CT molecular complexity index is 388. The van der Waals surface area contributed by atoms with Crippen LogP contribution in [0.4, 0.5) is 0 Å². The second-order valence-electron chi connectivity index (χ2n) is 4.28. The molecule has 0 radical (unpaired) electrons. The van der Waals surface area contributed by atoms with Crippen LogP contribution >= 0.6 is 0 Å². The highest BCUT2D eigenvalue weighted by molar-refractivity contribution is 5.75. The highest BCUT2D eigenvalue weighted by Gasteiger charge is 2.13. The van der Waals surface area contributed by atoms with Crippen LogP contribution in [0, 0.1) is 13.8 Å². The standard InChI is InChI=1S/C14H21NO2/c1-5-17-14(16)12(4)15-9-13-8-10(2)6-7-11(13)3/h6-8,12,15H,5,9H2,1-4H3. The number of rotatable bonds is 5. The number of aryl methyl sites for hydroxylation is 2. The van der Waals surface area contributed by atoms with Crippen molar-refractivity contribution in [3.8, 4) is 0 Å². The van der Waals surface area contributed by atoms with E-state index in [0.29, 0.717) is 13.2 Å². The monoisotopic (exact) mass is 235 g/mol. The molecule has 0 aromatic heterocycles.